The molecule has 1 aromatic heterocycles. The molecule has 5 aliphatic rings. The zero-order chi connectivity index (χ0) is 35.5. The fraction of sp³-hybridized carbons (Fsp3) is 0.833. The topological polar surface area (TPSA) is 183 Å². The molecule has 0 radical (unpaired) electrons. The maximum Gasteiger partial charge on any atom is 1.00 e. The molecule has 0 amide bonds. The van der Waals surface area contributed by atoms with Crippen molar-refractivity contribution in [3.05, 3.63) is 44.8 Å². The first-order chi connectivity index (χ1) is 22.9. The number of hydrogen-bond acceptors (Lipinski definition) is 10. The van der Waals surface area contributed by atoms with Gasteiger partial charge in [0, 0.05) is 18.7 Å². The van der Waals surface area contributed by atoms with Gasteiger partial charge in [-0.3, -0.25) is 18.9 Å². The fourth-order valence-corrected chi connectivity index (χ4v) is 11.7. The van der Waals surface area contributed by atoms with E-state index in [0.29, 0.717) is 36.5 Å². The van der Waals surface area contributed by atoms with E-state index < -0.39 is 61.9 Å². The Labute approximate surface area is 317 Å². The van der Waals surface area contributed by atoms with Crippen LogP contribution in [0.5, 0.6) is 0 Å². The molecule has 1 aliphatic heterocycles. The van der Waals surface area contributed by atoms with Crippen LogP contribution in [0.2, 0.25) is 0 Å². The van der Waals surface area contributed by atoms with Gasteiger partial charge in [-0.15, -0.1) is 0 Å². The molecule has 1 saturated heterocycles. The van der Waals surface area contributed by atoms with Crippen molar-refractivity contribution < 1.29 is 68.1 Å². The molecular formula is C36H56N2NaO10P. The van der Waals surface area contributed by atoms with Crippen LogP contribution in [0.3, 0.4) is 0 Å². The van der Waals surface area contributed by atoms with Crippen molar-refractivity contribution in [3.8, 4) is 0 Å². The van der Waals surface area contributed by atoms with Gasteiger partial charge in [0.2, 0.25) is 0 Å². The zero-order valence-electron chi connectivity index (χ0n) is 30.6. The number of phosphoric ester groups is 1. The summed E-state index contributed by atoms with van der Waals surface area (Å²) in [6.07, 6.45) is 8.20. The monoisotopic (exact) mass is 730 g/mol. The van der Waals surface area contributed by atoms with Crippen molar-refractivity contribution in [2.45, 2.75) is 141 Å². The first-order valence-corrected chi connectivity index (χ1v) is 19.8. The second-order valence-corrected chi connectivity index (χ2v) is 18.3. The Morgan fingerprint density at radius 1 is 1.16 bits per heavy atom. The van der Waals surface area contributed by atoms with E-state index in [1.165, 1.54) is 12.6 Å². The average molecular weight is 731 g/mol. The van der Waals surface area contributed by atoms with Crippen molar-refractivity contribution in [1.29, 1.82) is 0 Å². The summed E-state index contributed by atoms with van der Waals surface area (Å²) < 4.78 is 30.6. The van der Waals surface area contributed by atoms with E-state index in [1.54, 1.807) is 0 Å². The Morgan fingerprint density at radius 3 is 2.60 bits per heavy atom. The smallest absolute Gasteiger partial charge is 0.756 e. The Morgan fingerprint density at radius 2 is 1.90 bits per heavy atom. The van der Waals surface area contributed by atoms with Crippen LogP contribution in [0.1, 0.15) is 111 Å². The molecule has 4 fully saturated rings. The average Bonchev–Trinajstić information content (AvgIpc) is 3.55. The summed E-state index contributed by atoms with van der Waals surface area (Å²) in [4.78, 5) is 38.6. The Bertz CT molecular complexity index is 1560. The standard InChI is InChI=1S/C36H57N2O10P.Na/c1-21(7-6-13-34(2,3)43)24-8-9-25-32-26(11-15-36(24,25)5)35(4)14-10-23(17-22(35)18-28(32)40)48-49(44,45)46-20-29-27(39)19-31(47-29)38-16-12-30(41)37-33(38)42;/h12,16,18,21,23-29,31-32,39-40,43H,6-11,13-15,17,19-20H2,1-5H3,(H,44,45)(H,37,41,42);/q;+1/p-1. The van der Waals surface area contributed by atoms with Gasteiger partial charge >= 0.3 is 35.2 Å². The number of hydrogen-bond donors (Lipinski definition) is 4. The third kappa shape index (κ3) is 8.21. The molecule has 0 aromatic carbocycles. The minimum atomic E-state index is -4.78. The van der Waals surface area contributed by atoms with E-state index in [2.05, 4.69) is 25.8 Å². The van der Waals surface area contributed by atoms with Crippen LogP contribution in [0.15, 0.2) is 33.5 Å². The number of aromatic nitrogens is 2. The van der Waals surface area contributed by atoms with Crippen LogP contribution in [-0.2, 0) is 18.3 Å². The molecule has 6 rings (SSSR count). The molecule has 2 heterocycles. The molecule has 12 nitrogen and oxygen atoms in total. The van der Waals surface area contributed by atoms with E-state index in [4.69, 9.17) is 13.8 Å². The van der Waals surface area contributed by atoms with Gasteiger partial charge in [-0.1, -0.05) is 45.3 Å². The normalized spacial score (nSPS) is 40.1. The van der Waals surface area contributed by atoms with E-state index in [-0.39, 0.29) is 52.7 Å². The Kier molecular flexibility index (Phi) is 12.4. The van der Waals surface area contributed by atoms with Gasteiger partial charge in [-0.25, -0.2) is 4.79 Å². The van der Waals surface area contributed by atoms with Crippen LogP contribution in [0, 0.1) is 40.4 Å². The van der Waals surface area contributed by atoms with Gasteiger partial charge in [0.25, 0.3) is 13.4 Å². The van der Waals surface area contributed by atoms with Gasteiger partial charge in [0.1, 0.15) is 12.3 Å². The van der Waals surface area contributed by atoms with Gasteiger partial charge in [0.15, 0.2) is 0 Å². The number of fused-ring (bicyclic) bond motifs is 5. The quantitative estimate of drug-likeness (QED) is 0.147. The zero-order valence-corrected chi connectivity index (χ0v) is 33.5. The van der Waals surface area contributed by atoms with E-state index in [9.17, 15) is 34.4 Å². The van der Waals surface area contributed by atoms with Crippen LogP contribution < -0.4 is 45.7 Å². The number of aliphatic hydroxyl groups excluding tert-OH is 2. The van der Waals surface area contributed by atoms with E-state index in [0.717, 1.165) is 61.2 Å². The van der Waals surface area contributed by atoms with Crippen molar-refractivity contribution in [2.24, 2.45) is 40.4 Å². The number of nitrogens with zero attached hydrogens (tertiary/aromatic N) is 1. The molecule has 0 spiro atoms. The number of ether oxygens (including phenoxy) is 1. The molecule has 4 aliphatic carbocycles. The third-order valence-electron chi connectivity index (χ3n) is 13.3. The summed E-state index contributed by atoms with van der Waals surface area (Å²) >= 11 is 0. The minimum absolute atomic E-state index is 0. The van der Waals surface area contributed by atoms with Crippen molar-refractivity contribution in [2.75, 3.05) is 6.61 Å². The van der Waals surface area contributed by atoms with Crippen LogP contribution in [-0.4, -0.2) is 61.5 Å². The molecule has 4 N–H and O–H groups in total. The van der Waals surface area contributed by atoms with Crippen LogP contribution in [0.4, 0.5) is 0 Å². The summed E-state index contributed by atoms with van der Waals surface area (Å²) in [7, 11) is -4.78. The molecule has 0 bridgehead atoms. The Balaban J connectivity index is 0.00000486. The summed E-state index contributed by atoms with van der Waals surface area (Å²) in [5.41, 5.74) is -0.776. The molecule has 1 aromatic rings. The Hall–Kier alpha value is -0.630. The molecular weight excluding hydrogens is 674 g/mol. The second kappa shape index (κ2) is 15.2. The van der Waals surface area contributed by atoms with Gasteiger partial charge in [-0.05, 0) is 106 Å². The van der Waals surface area contributed by atoms with Gasteiger partial charge in [0.05, 0.1) is 30.5 Å². The number of H-pyrrole nitrogens is 1. The summed E-state index contributed by atoms with van der Waals surface area (Å²) in [6.45, 7) is 10.4. The number of nitrogens with one attached hydrogen (secondary N) is 1. The summed E-state index contributed by atoms with van der Waals surface area (Å²) in [6, 6.07) is 1.16. The molecule has 3 saturated carbocycles. The van der Waals surface area contributed by atoms with Gasteiger partial charge in [-0.2, -0.15) is 0 Å². The summed E-state index contributed by atoms with van der Waals surface area (Å²) in [5.74, 6) is 2.12. The predicted octanol–water partition coefficient (Wildman–Crippen LogP) is 1.19. The number of aliphatic hydroxyl groups is 3. The van der Waals surface area contributed by atoms with E-state index >= 15 is 0 Å². The number of aromatic amines is 1. The first-order valence-electron chi connectivity index (χ1n) is 18.3. The molecule has 13 unspecified atom stereocenters. The molecule has 276 valence electrons. The first kappa shape index (κ1) is 40.6. The number of phosphoric acid groups is 1. The number of rotatable bonds is 11. The maximum absolute atomic E-state index is 13.0. The van der Waals surface area contributed by atoms with Crippen LogP contribution >= 0.6 is 7.82 Å². The van der Waals surface area contributed by atoms with Crippen molar-refractivity contribution in [3.63, 3.8) is 0 Å². The predicted molar refractivity (Wildman–Crippen MR) is 180 cm³/mol. The third-order valence-corrected chi connectivity index (χ3v) is 14.4. The van der Waals surface area contributed by atoms with Crippen molar-refractivity contribution >= 4 is 7.82 Å². The molecule has 50 heavy (non-hydrogen) atoms. The molecule has 13 atom stereocenters. The summed E-state index contributed by atoms with van der Waals surface area (Å²) in [5, 5.41) is 32.4. The maximum atomic E-state index is 13.0. The van der Waals surface area contributed by atoms with E-state index in [1.807, 2.05) is 19.9 Å². The fourth-order valence-electron chi connectivity index (χ4n) is 10.8. The second-order valence-electron chi connectivity index (χ2n) is 17.0. The van der Waals surface area contributed by atoms with Crippen LogP contribution in [0.25, 0.3) is 0 Å². The molecule has 14 heteroatoms. The minimum Gasteiger partial charge on any atom is -0.756 e. The largest absolute Gasteiger partial charge is 1.00 e. The van der Waals surface area contributed by atoms with Gasteiger partial charge < -0.3 is 34.0 Å². The SMILES string of the molecule is CC(CCCC(C)(C)O)C1CCC2C3C(O)C=C4CC(OP(=O)([O-])OCC5OC(n6ccc(=O)[nH]c6=O)CC5O)CCC4(C)C3CCC12C.[Na+]. The van der Waals surface area contributed by atoms with Crippen molar-refractivity contribution in [1.82, 2.24) is 9.55 Å².